The lowest BCUT2D eigenvalue weighted by Gasteiger charge is -2.35. The number of nitrogen functional groups attached to an aromatic ring is 1. The van der Waals surface area contributed by atoms with Gasteiger partial charge < -0.3 is 15.5 Å². The van der Waals surface area contributed by atoms with Crippen molar-refractivity contribution >= 4 is 17.2 Å². The van der Waals surface area contributed by atoms with E-state index < -0.39 is 0 Å². The van der Waals surface area contributed by atoms with Crippen LogP contribution in [0.1, 0.15) is 24.2 Å². The van der Waals surface area contributed by atoms with Crippen LogP contribution in [0.5, 0.6) is 0 Å². The third kappa shape index (κ3) is 2.64. The molecule has 0 radical (unpaired) electrons. The second-order valence-corrected chi connectivity index (χ2v) is 4.75. The Morgan fingerprint density at radius 1 is 1.28 bits per heavy atom. The molecule has 0 bridgehead atoms. The molecule has 98 valence electrons. The predicted molar refractivity (Wildman–Crippen MR) is 75.2 cm³/mol. The van der Waals surface area contributed by atoms with Crippen molar-refractivity contribution in [1.82, 2.24) is 4.90 Å². The second kappa shape index (κ2) is 5.40. The molecule has 0 spiro atoms. The number of Topliss-reactive ketones (excluding diaryl/α,β-unsaturated/α-hetero) is 1. The standard InChI is InChI=1S/C14H21N3O/c1-3-16-6-8-17(9-7-16)12-4-5-14(15)13(10-12)11(2)18/h4-5,10H,3,6-9,15H2,1-2H3. The lowest BCUT2D eigenvalue weighted by atomic mass is 10.1. The summed E-state index contributed by atoms with van der Waals surface area (Å²) in [6.45, 7) is 9.03. The van der Waals surface area contributed by atoms with Crippen LogP contribution >= 0.6 is 0 Å². The highest BCUT2D eigenvalue weighted by atomic mass is 16.1. The first kappa shape index (κ1) is 12.9. The summed E-state index contributed by atoms with van der Waals surface area (Å²) in [7, 11) is 0. The number of ketones is 1. The zero-order chi connectivity index (χ0) is 13.1. The van der Waals surface area contributed by atoms with Gasteiger partial charge in [-0.3, -0.25) is 4.79 Å². The molecule has 4 nitrogen and oxygen atoms in total. The van der Waals surface area contributed by atoms with Gasteiger partial charge in [0.15, 0.2) is 5.78 Å². The summed E-state index contributed by atoms with van der Waals surface area (Å²) in [6, 6.07) is 5.75. The Bertz CT molecular complexity index is 437. The summed E-state index contributed by atoms with van der Waals surface area (Å²) < 4.78 is 0. The monoisotopic (exact) mass is 247 g/mol. The number of likely N-dealkylation sites (N-methyl/N-ethyl adjacent to an activating group) is 1. The maximum atomic E-state index is 11.5. The molecule has 4 heteroatoms. The molecule has 1 aliphatic rings. The lowest BCUT2D eigenvalue weighted by molar-refractivity contribution is 0.101. The molecule has 0 atom stereocenters. The van der Waals surface area contributed by atoms with Gasteiger partial charge in [-0.1, -0.05) is 6.92 Å². The largest absolute Gasteiger partial charge is 0.398 e. The van der Waals surface area contributed by atoms with Crippen molar-refractivity contribution in [2.24, 2.45) is 0 Å². The Morgan fingerprint density at radius 3 is 2.50 bits per heavy atom. The smallest absolute Gasteiger partial charge is 0.161 e. The number of nitrogens with two attached hydrogens (primary N) is 1. The first-order chi connectivity index (χ1) is 8.61. The number of hydrogen-bond acceptors (Lipinski definition) is 4. The van der Waals surface area contributed by atoms with Crippen LogP contribution in [0.2, 0.25) is 0 Å². The van der Waals surface area contributed by atoms with E-state index in [0.29, 0.717) is 11.3 Å². The van der Waals surface area contributed by atoms with Crippen molar-refractivity contribution in [2.45, 2.75) is 13.8 Å². The van der Waals surface area contributed by atoms with Crippen molar-refractivity contribution in [1.29, 1.82) is 0 Å². The third-order valence-electron chi connectivity index (χ3n) is 3.60. The molecule has 0 amide bonds. The number of rotatable bonds is 3. The van der Waals surface area contributed by atoms with E-state index in [1.54, 1.807) is 6.92 Å². The lowest BCUT2D eigenvalue weighted by Crippen LogP contribution is -2.46. The maximum absolute atomic E-state index is 11.5. The molecule has 1 aromatic rings. The van der Waals surface area contributed by atoms with E-state index >= 15 is 0 Å². The van der Waals surface area contributed by atoms with Crippen LogP contribution in [-0.4, -0.2) is 43.4 Å². The van der Waals surface area contributed by atoms with Gasteiger partial charge >= 0.3 is 0 Å². The number of hydrogen-bond donors (Lipinski definition) is 1. The average Bonchev–Trinajstić information content (AvgIpc) is 2.39. The summed E-state index contributed by atoms with van der Waals surface area (Å²) >= 11 is 0. The minimum Gasteiger partial charge on any atom is -0.398 e. The molecule has 0 aromatic heterocycles. The SMILES string of the molecule is CCN1CCN(c2ccc(N)c(C(C)=O)c2)CC1. The molecular formula is C14H21N3O. The molecule has 2 N–H and O–H groups in total. The zero-order valence-corrected chi connectivity index (χ0v) is 11.1. The summed E-state index contributed by atoms with van der Waals surface area (Å²) in [6.07, 6.45) is 0. The van der Waals surface area contributed by atoms with Gasteiger partial charge in [-0.25, -0.2) is 0 Å². The number of anilines is 2. The Balaban J connectivity index is 2.15. The van der Waals surface area contributed by atoms with Gasteiger partial charge in [0.1, 0.15) is 0 Å². The molecule has 0 unspecified atom stereocenters. The van der Waals surface area contributed by atoms with E-state index in [0.717, 1.165) is 38.4 Å². The Labute approximate surface area is 108 Å². The van der Waals surface area contributed by atoms with E-state index in [-0.39, 0.29) is 5.78 Å². The van der Waals surface area contributed by atoms with E-state index in [1.807, 2.05) is 18.2 Å². The van der Waals surface area contributed by atoms with Gasteiger partial charge in [-0.15, -0.1) is 0 Å². The zero-order valence-electron chi connectivity index (χ0n) is 11.1. The topological polar surface area (TPSA) is 49.6 Å². The van der Waals surface area contributed by atoms with Crippen LogP contribution in [-0.2, 0) is 0 Å². The van der Waals surface area contributed by atoms with Gasteiger partial charge in [0.05, 0.1) is 0 Å². The van der Waals surface area contributed by atoms with Gasteiger partial charge in [0.2, 0.25) is 0 Å². The summed E-state index contributed by atoms with van der Waals surface area (Å²) in [5.74, 6) is 0.0292. The molecule has 18 heavy (non-hydrogen) atoms. The molecule has 1 saturated heterocycles. The fraction of sp³-hybridized carbons (Fsp3) is 0.500. The Kier molecular flexibility index (Phi) is 3.87. The van der Waals surface area contributed by atoms with E-state index in [4.69, 9.17) is 5.73 Å². The van der Waals surface area contributed by atoms with Crippen LogP contribution in [0, 0.1) is 0 Å². The highest BCUT2D eigenvalue weighted by molar-refractivity contribution is 6.00. The van der Waals surface area contributed by atoms with Crippen LogP contribution in [0.25, 0.3) is 0 Å². The van der Waals surface area contributed by atoms with Crippen molar-refractivity contribution in [3.05, 3.63) is 23.8 Å². The van der Waals surface area contributed by atoms with Crippen molar-refractivity contribution in [3.63, 3.8) is 0 Å². The molecule has 1 aliphatic heterocycles. The number of benzene rings is 1. The summed E-state index contributed by atoms with van der Waals surface area (Å²) in [5, 5.41) is 0. The Hall–Kier alpha value is -1.55. The van der Waals surface area contributed by atoms with Crippen molar-refractivity contribution in [2.75, 3.05) is 43.4 Å². The van der Waals surface area contributed by atoms with Gasteiger partial charge in [-0.05, 0) is 31.7 Å². The van der Waals surface area contributed by atoms with E-state index in [1.165, 1.54) is 0 Å². The fourth-order valence-corrected chi connectivity index (χ4v) is 2.37. The molecule has 0 saturated carbocycles. The highest BCUT2D eigenvalue weighted by Gasteiger charge is 2.17. The highest BCUT2D eigenvalue weighted by Crippen LogP contribution is 2.22. The number of nitrogens with zero attached hydrogens (tertiary/aromatic N) is 2. The maximum Gasteiger partial charge on any atom is 0.161 e. The van der Waals surface area contributed by atoms with Crippen molar-refractivity contribution in [3.8, 4) is 0 Å². The molecule has 1 heterocycles. The fourth-order valence-electron chi connectivity index (χ4n) is 2.37. The Morgan fingerprint density at radius 2 is 1.94 bits per heavy atom. The minimum absolute atomic E-state index is 0.0292. The van der Waals surface area contributed by atoms with E-state index in [9.17, 15) is 4.79 Å². The molecular weight excluding hydrogens is 226 g/mol. The molecule has 1 fully saturated rings. The molecule has 1 aromatic carbocycles. The average molecular weight is 247 g/mol. The molecule has 0 aliphatic carbocycles. The van der Waals surface area contributed by atoms with E-state index in [2.05, 4.69) is 16.7 Å². The predicted octanol–water partition coefficient (Wildman–Crippen LogP) is 1.61. The summed E-state index contributed by atoms with van der Waals surface area (Å²) in [5.41, 5.74) is 8.12. The van der Waals surface area contributed by atoms with Crippen LogP contribution in [0.4, 0.5) is 11.4 Å². The number of carbonyl (C=O) groups is 1. The van der Waals surface area contributed by atoms with Gasteiger partial charge in [-0.2, -0.15) is 0 Å². The molecule has 2 rings (SSSR count). The number of piperazine rings is 1. The van der Waals surface area contributed by atoms with Crippen LogP contribution in [0.15, 0.2) is 18.2 Å². The van der Waals surface area contributed by atoms with Gasteiger partial charge in [0.25, 0.3) is 0 Å². The quantitative estimate of drug-likeness (QED) is 0.651. The number of carbonyl (C=O) groups excluding carboxylic acids is 1. The van der Waals surface area contributed by atoms with Crippen LogP contribution in [0.3, 0.4) is 0 Å². The van der Waals surface area contributed by atoms with Gasteiger partial charge in [0, 0.05) is 43.1 Å². The first-order valence-corrected chi connectivity index (χ1v) is 6.49. The first-order valence-electron chi connectivity index (χ1n) is 6.49. The third-order valence-corrected chi connectivity index (χ3v) is 3.60. The second-order valence-electron chi connectivity index (χ2n) is 4.75. The van der Waals surface area contributed by atoms with Crippen LogP contribution < -0.4 is 10.6 Å². The minimum atomic E-state index is 0.0292. The summed E-state index contributed by atoms with van der Waals surface area (Å²) in [4.78, 5) is 16.2. The normalized spacial score (nSPS) is 16.9. The van der Waals surface area contributed by atoms with Crippen molar-refractivity contribution < 1.29 is 4.79 Å².